The smallest absolute Gasteiger partial charge is 0.410 e. The monoisotopic (exact) mass is 557 g/mol. The van der Waals surface area contributed by atoms with Gasteiger partial charge in [0.1, 0.15) is 12.2 Å². The van der Waals surface area contributed by atoms with Gasteiger partial charge >= 0.3 is 12.2 Å². The van der Waals surface area contributed by atoms with Crippen LogP contribution in [0.5, 0.6) is 0 Å². The van der Waals surface area contributed by atoms with E-state index in [2.05, 4.69) is 5.32 Å². The van der Waals surface area contributed by atoms with Crippen LogP contribution in [-0.4, -0.2) is 73.3 Å². The van der Waals surface area contributed by atoms with Crippen molar-refractivity contribution < 1.29 is 32.3 Å². The SMILES string of the molecule is CC(C)(C)OC(=O)N1CCC(S(=O)(=O)c2ccc(NC(=O)C3CN(C(=O)OCc4ccccc4)C3)cc2)CC1. The average molecular weight is 558 g/mol. The molecule has 0 aliphatic carbocycles. The highest BCUT2D eigenvalue weighted by Crippen LogP contribution is 2.27. The molecule has 0 aromatic heterocycles. The predicted molar refractivity (Wildman–Crippen MR) is 145 cm³/mol. The molecular weight excluding hydrogens is 522 g/mol. The van der Waals surface area contributed by atoms with E-state index in [1.54, 1.807) is 37.8 Å². The van der Waals surface area contributed by atoms with E-state index >= 15 is 0 Å². The standard InChI is InChI=1S/C28H35N3O7S/c1-28(2,3)38-27(34)30-15-13-24(14-16-30)39(35,36)23-11-9-22(10-12-23)29-25(32)21-17-31(18-21)26(33)37-19-20-7-5-4-6-8-20/h4-12,21,24H,13-19H2,1-3H3,(H,29,32). The number of sulfone groups is 1. The Hall–Kier alpha value is -3.60. The average Bonchev–Trinajstić information content (AvgIpc) is 2.86. The van der Waals surface area contributed by atoms with Crippen molar-refractivity contribution in [2.24, 2.45) is 5.92 Å². The van der Waals surface area contributed by atoms with Crippen LogP contribution >= 0.6 is 0 Å². The second-order valence-corrected chi connectivity index (χ2v) is 13.1. The summed E-state index contributed by atoms with van der Waals surface area (Å²) in [5.74, 6) is -0.611. The van der Waals surface area contributed by atoms with Gasteiger partial charge in [-0.2, -0.15) is 0 Å². The molecule has 0 atom stereocenters. The van der Waals surface area contributed by atoms with Crippen LogP contribution in [0.25, 0.3) is 0 Å². The first kappa shape index (κ1) is 28.4. The van der Waals surface area contributed by atoms with Crippen LogP contribution in [0.3, 0.4) is 0 Å². The Bertz CT molecular complexity index is 1280. The zero-order valence-electron chi connectivity index (χ0n) is 22.5. The Balaban J connectivity index is 1.23. The van der Waals surface area contributed by atoms with Gasteiger partial charge in [-0.15, -0.1) is 0 Å². The first-order valence-corrected chi connectivity index (χ1v) is 14.6. The molecular formula is C28H35N3O7S. The fourth-order valence-electron chi connectivity index (χ4n) is 4.44. The van der Waals surface area contributed by atoms with Crippen molar-refractivity contribution in [1.82, 2.24) is 9.80 Å². The van der Waals surface area contributed by atoms with Gasteiger partial charge in [-0.25, -0.2) is 18.0 Å². The van der Waals surface area contributed by atoms with E-state index in [-0.39, 0.29) is 36.4 Å². The van der Waals surface area contributed by atoms with Gasteiger partial charge < -0.3 is 24.6 Å². The lowest BCUT2D eigenvalue weighted by Crippen LogP contribution is -2.54. The molecule has 0 unspecified atom stereocenters. The van der Waals surface area contributed by atoms with Crippen LogP contribution in [-0.2, 0) is 30.7 Å². The zero-order valence-corrected chi connectivity index (χ0v) is 23.3. The van der Waals surface area contributed by atoms with E-state index in [1.807, 2.05) is 30.3 Å². The fraction of sp³-hybridized carbons (Fsp3) is 0.464. The number of likely N-dealkylation sites (tertiary alicyclic amines) is 2. The van der Waals surface area contributed by atoms with Gasteiger partial charge in [0.25, 0.3) is 0 Å². The van der Waals surface area contributed by atoms with Crippen molar-refractivity contribution in [3.8, 4) is 0 Å². The van der Waals surface area contributed by atoms with Crippen molar-refractivity contribution in [2.75, 3.05) is 31.5 Å². The summed E-state index contributed by atoms with van der Waals surface area (Å²) < 4.78 is 37.0. The first-order valence-electron chi connectivity index (χ1n) is 13.0. The van der Waals surface area contributed by atoms with E-state index < -0.39 is 32.9 Å². The lowest BCUT2D eigenvalue weighted by Gasteiger charge is -2.37. The molecule has 210 valence electrons. The third-order valence-corrected chi connectivity index (χ3v) is 8.98. The molecule has 0 saturated carbocycles. The lowest BCUT2D eigenvalue weighted by atomic mass is 10.00. The van der Waals surface area contributed by atoms with Crippen LogP contribution < -0.4 is 5.32 Å². The number of ether oxygens (including phenoxy) is 2. The highest BCUT2D eigenvalue weighted by molar-refractivity contribution is 7.92. The molecule has 1 N–H and O–H groups in total. The van der Waals surface area contributed by atoms with Crippen molar-refractivity contribution in [1.29, 1.82) is 0 Å². The van der Waals surface area contributed by atoms with Crippen molar-refractivity contribution >= 4 is 33.6 Å². The second-order valence-electron chi connectivity index (χ2n) is 10.9. The van der Waals surface area contributed by atoms with E-state index in [1.165, 1.54) is 17.0 Å². The highest BCUT2D eigenvalue weighted by Gasteiger charge is 2.37. The lowest BCUT2D eigenvalue weighted by molar-refractivity contribution is -0.124. The first-order chi connectivity index (χ1) is 18.4. The maximum atomic E-state index is 13.2. The quantitative estimate of drug-likeness (QED) is 0.568. The molecule has 3 amide bonds. The summed E-state index contributed by atoms with van der Waals surface area (Å²) in [5, 5.41) is 2.19. The van der Waals surface area contributed by atoms with Gasteiger partial charge in [-0.3, -0.25) is 4.79 Å². The Morgan fingerprint density at radius 3 is 2.10 bits per heavy atom. The van der Waals surface area contributed by atoms with E-state index in [0.717, 1.165) is 5.56 Å². The normalized spacial score (nSPS) is 16.8. The molecule has 2 aliphatic rings. The molecule has 2 fully saturated rings. The topological polar surface area (TPSA) is 122 Å². The predicted octanol–water partition coefficient (Wildman–Crippen LogP) is 4.07. The number of hydrogen-bond donors (Lipinski definition) is 1. The van der Waals surface area contributed by atoms with Gasteiger partial charge in [0.05, 0.1) is 16.1 Å². The summed E-state index contributed by atoms with van der Waals surface area (Å²) in [6, 6.07) is 15.4. The van der Waals surface area contributed by atoms with Gasteiger partial charge in [-0.05, 0) is 63.4 Å². The number of rotatable bonds is 6. The number of carbonyl (C=O) groups excluding carboxylic acids is 3. The van der Waals surface area contributed by atoms with Gasteiger partial charge in [-0.1, -0.05) is 30.3 Å². The summed E-state index contributed by atoms with van der Waals surface area (Å²) >= 11 is 0. The fourth-order valence-corrected chi connectivity index (χ4v) is 6.18. The van der Waals surface area contributed by atoms with Crippen LogP contribution in [0.15, 0.2) is 59.5 Å². The van der Waals surface area contributed by atoms with Crippen LogP contribution in [0.2, 0.25) is 0 Å². The summed E-state index contributed by atoms with van der Waals surface area (Å²) in [7, 11) is -3.59. The largest absolute Gasteiger partial charge is 0.445 e. The summed E-state index contributed by atoms with van der Waals surface area (Å²) in [6.07, 6.45) is -0.246. The maximum Gasteiger partial charge on any atom is 0.410 e. The minimum Gasteiger partial charge on any atom is -0.445 e. The molecule has 0 bridgehead atoms. The van der Waals surface area contributed by atoms with E-state index in [9.17, 15) is 22.8 Å². The molecule has 2 aliphatic heterocycles. The molecule has 2 aromatic rings. The summed E-state index contributed by atoms with van der Waals surface area (Å²) in [6.45, 7) is 6.68. The highest BCUT2D eigenvalue weighted by atomic mass is 32.2. The van der Waals surface area contributed by atoms with Gasteiger partial charge in [0.2, 0.25) is 5.91 Å². The number of carbonyl (C=O) groups is 3. The third kappa shape index (κ3) is 7.29. The number of benzene rings is 2. The van der Waals surface area contributed by atoms with Crippen LogP contribution in [0.1, 0.15) is 39.2 Å². The summed E-state index contributed by atoms with van der Waals surface area (Å²) in [5.41, 5.74) is 0.755. The van der Waals surface area contributed by atoms with Crippen LogP contribution in [0, 0.1) is 5.92 Å². The molecule has 2 aromatic carbocycles. The molecule has 10 nitrogen and oxygen atoms in total. The number of nitrogens with zero attached hydrogens (tertiary/aromatic N) is 2. The minimum atomic E-state index is -3.59. The van der Waals surface area contributed by atoms with E-state index in [0.29, 0.717) is 31.6 Å². The Kier molecular flexibility index (Phi) is 8.48. The second kappa shape index (κ2) is 11.6. The van der Waals surface area contributed by atoms with Crippen molar-refractivity contribution in [3.63, 3.8) is 0 Å². The summed E-state index contributed by atoms with van der Waals surface area (Å²) in [4.78, 5) is 40.2. The number of hydrogen-bond acceptors (Lipinski definition) is 7. The number of nitrogens with one attached hydrogen (secondary N) is 1. The number of anilines is 1. The third-order valence-electron chi connectivity index (χ3n) is 6.70. The zero-order chi connectivity index (χ0) is 28.2. The number of amides is 3. The number of piperidine rings is 1. The molecule has 0 spiro atoms. The van der Waals surface area contributed by atoms with Crippen LogP contribution in [0.4, 0.5) is 15.3 Å². The Morgan fingerprint density at radius 2 is 1.51 bits per heavy atom. The molecule has 4 rings (SSSR count). The molecule has 0 radical (unpaired) electrons. The Morgan fingerprint density at radius 1 is 0.897 bits per heavy atom. The molecule has 11 heteroatoms. The van der Waals surface area contributed by atoms with Gasteiger partial charge in [0, 0.05) is 31.9 Å². The van der Waals surface area contributed by atoms with Crippen molar-refractivity contribution in [2.45, 2.75) is 56.0 Å². The maximum absolute atomic E-state index is 13.2. The van der Waals surface area contributed by atoms with E-state index in [4.69, 9.17) is 9.47 Å². The molecule has 2 heterocycles. The molecule has 39 heavy (non-hydrogen) atoms. The van der Waals surface area contributed by atoms with Gasteiger partial charge in [0.15, 0.2) is 9.84 Å². The molecule has 2 saturated heterocycles. The minimum absolute atomic E-state index is 0.172. The van der Waals surface area contributed by atoms with Crippen molar-refractivity contribution in [3.05, 3.63) is 60.2 Å². The Labute approximate surface area is 229 Å².